The van der Waals surface area contributed by atoms with Gasteiger partial charge in [-0.15, -0.1) is 0 Å². The SMILES string of the molecule is CCC1(C(=O)Nn2c(C)ccc2C)CCNCC1. The molecule has 0 unspecified atom stereocenters. The maximum absolute atomic E-state index is 12.6. The summed E-state index contributed by atoms with van der Waals surface area (Å²) in [5.41, 5.74) is 5.01. The summed E-state index contributed by atoms with van der Waals surface area (Å²) in [6, 6.07) is 4.05. The van der Waals surface area contributed by atoms with Gasteiger partial charge in [0.15, 0.2) is 0 Å². The molecule has 0 atom stereocenters. The Balaban J connectivity index is 2.15. The lowest BCUT2D eigenvalue weighted by molar-refractivity contribution is -0.128. The lowest BCUT2D eigenvalue weighted by Crippen LogP contribution is -2.46. The van der Waals surface area contributed by atoms with Gasteiger partial charge in [0, 0.05) is 11.4 Å². The zero-order valence-corrected chi connectivity index (χ0v) is 11.5. The molecule has 0 spiro atoms. The van der Waals surface area contributed by atoms with Crippen LogP contribution in [0.1, 0.15) is 37.6 Å². The number of hydrogen-bond acceptors (Lipinski definition) is 2. The third-order valence-electron chi connectivity index (χ3n) is 4.20. The summed E-state index contributed by atoms with van der Waals surface area (Å²) in [4.78, 5) is 12.6. The molecule has 1 aromatic heterocycles. The summed E-state index contributed by atoms with van der Waals surface area (Å²) in [5, 5.41) is 3.32. The Morgan fingerprint density at radius 1 is 1.33 bits per heavy atom. The molecule has 0 aliphatic carbocycles. The molecular weight excluding hydrogens is 226 g/mol. The number of rotatable bonds is 3. The lowest BCUT2D eigenvalue weighted by Gasteiger charge is -2.35. The molecule has 1 saturated heterocycles. The van der Waals surface area contributed by atoms with Crippen LogP contribution in [0.25, 0.3) is 0 Å². The van der Waals surface area contributed by atoms with Gasteiger partial charge in [-0.2, -0.15) is 0 Å². The number of piperidine rings is 1. The van der Waals surface area contributed by atoms with Crippen LogP contribution < -0.4 is 10.7 Å². The normalized spacial score (nSPS) is 18.6. The summed E-state index contributed by atoms with van der Waals surface area (Å²) in [7, 11) is 0. The molecule has 2 N–H and O–H groups in total. The minimum Gasteiger partial charge on any atom is -0.317 e. The first-order valence-corrected chi connectivity index (χ1v) is 6.76. The number of carbonyl (C=O) groups is 1. The Morgan fingerprint density at radius 2 is 1.89 bits per heavy atom. The third-order valence-corrected chi connectivity index (χ3v) is 4.20. The second-order valence-corrected chi connectivity index (χ2v) is 5.28. The van der Waals surface area contributed by atoms with Gasteiger partial charge in [-0.05, 0) is 58.3 Å². The van der Waals surface area contributed by atoms with Crippen molar-refractivity contribution in [3.05, 3.63) is 23.5 Å². The number of aromatic nitrogens is 1. The number of aryl methyl sites for hydroxylation is 2. The summed E-state index contributed by atoms with van der Waals surface area (Å²) in [6.45, 7) is 8.00. The Kier molecular flexibility index (Phi) is 3.76. The van der Waals surface area contributed by atoms with Crippen LogP contribution >= 0.6 is 0 Å². The van der Waals surface area contributed by atoms with Crippen LogP contribution in [0.5, 0.6) is 0 Å². The Morgan fingerprint density at radius 3 is 2.39 bits per heavy atom. The molecule has 1 fully saturated rings. The van der Waals surface area contributed by atoms with Gasteiger partial charge >= 0.3 is 0 Å². The van der Waals surface area contributed by atoms with E-state index in [0.29, 0.717) is 0 Å². The van der Waals surface area contributed by atoms with Crippen LogP contribution in [0.3, 0.4) is 0 Å². The Hall–Kier alpha value is -1.29. The van der Waals surface area contributed by atoms with E-state index >= 15 is 0 Å². The molecule has 1 aliphatic heterocycles. The largest absolute Gasteiger partial charge is 0.317 e. The van der Waals surface area contributed by atoms with E-state index in [1.165, 1.54) is 0 Å². The fraction of sp³-hybridized carbons (Fsp3) is 0.643. The first-order chi connectivity index (χ1) is 8.59. The summed E-state index contributed by atoms with van der Waals surface area (Å²) in [5.74, 6) is 0.161. The number of hydrogen-bond donors (Lipinski definition) is 2. The monoisotopic (exact) mass is 249 g/mol. The van der Waals surface area contributed by atoms with Crippen molar-refractivity contribution in [3.63, 3.8) is 0 Å². The third kappa shape index (κ3) is 2.29. The van der Waals surface area contributed by atoms with Gasteiger partial charge in [0.1, 0.15) is 0 Å². The quantitative estimate of drug-likeness (QED) is 0.860. The number of carbonyl (C=O) groups excluding carboxylic acids is 1. The Labute approximate surface area is 109 Å². The van der Waals surface area contributed by atoms with E-state index in [-0.39, 0.29) is 11.3 Å². The molecular formula is C14H23N3O. The maximum atomic E-state index is 12.6. The molecule has 4 heteroatoms. The fourth-order valence-corrected chi connectivity index (χ4v) is 2.71. The first kappa shape index (κ1) is 13.1. The van der Waals surface area contributed by atoms with E-state index in [1.807, 2.05) is 30.7 Å². The van der Waals surface area contributed by atoms with Gasteiger partial charge in [-0.1, -0.05) is 6.92 Å². The van der Waals surface area contributed by atoms with E-state index in [2.05, 4.69) is 17.7 Å². The summed E-state index contributed by atoms with van der Waals surface area (Å²) >= 11 is 0. The van der Waals surface area contributed by atoms with Crippen molar-refractivity contribution in [1.29, 1.82) is 0 Å². The van der Waals surface area contributed by atoms with E-state index in [1.54, 1.807) is 0 Å². The molecule has 0 saturated carbocycles. The molecule has 1 aromatic rings. The van der Waals surface area contributed by atoms with E-state index in [9.17, 15) is 4.79 Å². The molecule has 0 bridgehead atoms. The highest BCUT2D eigenvalue weighted by atomic mass is 16.2. The van der Waals surface area contributed by atoms with Crippen LogP contribution in [0.15, 0.2) is 12.1 Å². The lowest BCUT2D eigenvalue weighted by atomic mass is 9.76. The zero-order chi connectivity index (χ0) is 13.2. The van der Waals surface area contributed by atoms with Crippen molar-refractivity contribution >= 4 is 5.91 Å². The fourth-order valence-electron chi connectivity index (χ4n) is 2.71. The standard InChI is InChI=1S/C14H23N3O/c1-4-14(7-9-15-10-8-14)13(18)16-17-11(2)5-6-12(17)3/h5-6,15H,4,7-10H2,1-3H3,(H,16,18). The number of nitrogens with one attached hydrogen (secondary N) is 2. The van der Waals surface area contributed by atoms with Gasteiger partial charge in [-0.25, -0.2) is 0 Å². The maximum Gasteiger partial charge on any atom is 0.245 e. The van der Waals surface area contributed by atoms with Crippen molar-refractivity contribution in [2.75, 3.05) is 18.5 Å². The van der Waals surface area contributed by atoms with E-state index in [4.69, 9.17) is 0 Å². The molecule has 100 valence electrons. The van der Waals surface area contributed by atoms with Crippen molar-refractivity contribution in [2.45, 2.75) is 40.0 Å². The Bertz CT molecular complexity index is 411. The molecule has 4 nitrogen and oxygen atoms in total. The average molecular weight is 249 g/mol. The van der Waals surface area contributed by atoms with Gasteiger partial charge in [-0.3, -0.25) is 14.9 Å². The van der Waals surface area contributed by atoms with Crippen LogP contribution in [-0.2, 0) is 4.79 Å². The van der Waals surface area contributed by atoms with Gasteiger partial charge in [0.2, 0.25) is 5.91 Å². The van der Waals surface area contributed by atoms with Crippen molar-refractivity contribution in [1.82, 2.24) is 9.99 Å². The highest BCUT2D eigenvalue weighted by molar-refractivity contribution is 5.89. The molecule has 0 radical (unpaired) electrons. The first-order valence-electron chi connectivity index (χ1n) is 6.76. The summed E-state index contributed by atoms with van der Waals surface area (Å²) in [6.07, 6.45) is 2.75. The zero-order valence-electron chi connectivity index (χ0n) is 11.5. The molecule has 1 amide bonds. The molecule has 2 heterocycles. The molecule has 18 heavy (non-hydrogen) atoms. The average Bonchev–Trinajstić information content (AvgIpc) is 2.71. The highest BCUT2D eigenvalue weighted by Gasteiger charge is 2.38. The smallest absolute Gasteiger partial charge is 0.245 e. The molecule has 1 aliphatic rings. The predicted octanol–water partition coefficient (Wildman–Crippen LogP) is 1.95. The topological polar surface area (TPSA) is 46.1 Å². The van der Waals surface area contributed by atoms with Crippen LogP contribution in [-0.4, -0.2) is 23.7 Å². The van der Waals surface area contributed by atoms with Gasteiger partial charge < -0.3 is 5.32 Å². The van der Waals surface area contributed by atoms with Gasteiger partial charge in [0.05, 0.1) is 5.41 Å². The highest BCUT2D eigenvalue weighted by Crippen LogP contribution is 2.33. The van der Waals surface area contributed by atoms with E-state index in [0.717, 1.165) is 43.7 Å². The molecule has 0 aromatic carbocycles. The van der Waals surface area contributed by atoms with Crippen LogP contribution in [0.2, 0.25) is 0 Å². The summed E-state index contributed by atoms with van der Waals surface area (Å²) < 4.78 is 1.89. The number of nitrogens with zero attached hydrogens (tertiary/aromatic N) is 1. The van der Waals surface area contributed by atoms with Crippen molar-refractivity contribution < 1.29 is 4.79 Å². The predicted molar refractivity (Wildman–Crippen MR) is 73.1 cm³/mol. The van der Waals surface area contributed by atoms with Crippen molar-refractivity contribution in [2.24, 2.45) is 5.41 Å². The second kappa shape index (κ2) is 5.14. The van der Waals surface area contributed by atoms with E-state index < -0.39 is 0 Å². The molecule has 2 rings (SSSR count). The number of amides is 1. The van der Waals surface area contributed by atoms with Gasteiger partial charge in [0.25, 0.3) is 0 Å². The minimum atomic E-state index is -0.200. The minimum absolute atomic E-state index is 0.161. The van der Waals surface area contributed by atoms with Crippen LogP contribution in [0, 0.1) is 19.3 Å². The second-order valence-electron chi connectivity index (χ2n) is 5.28. The van der Waals surface area contributed by atoms with Crippen LogP contribution in [0.4, 0.5) is 0 Å². The van der Waals surface area contributed by atoms with Crippen molar-refractivity contribution in [3.8, 4) is 0 Å².